The molecule has 1 fully saturated rings. The van der Waals surface area contributed by atoms with Gasteiger partial charge < -0.3 is 24.2 Å². The zero-order valence-corrected chi connectivity index (χ0v) is 22.3. The van der Waals surface area contributed by atoms with Crippen molar-refractivity contribution in [1.29, 1.82) is 0 Å². The summed E-state index contributed by atoms with van der Waals surface area (Å²) in [6, 6.07) is 21.5. The summed E-state index contributed by atoms with van der Waals surface area (Å²) in [7, 11) is 0. The first kappa shape index (κ1) is 26.4. The average molecular weight is 528 g/mol. The van der Waals surface area contributed by atoms with Crippen LogP contribution in [0.25, 0.3) is 5.76 Å². The van der Waals surface area contributed by atoms with Gasteiger partial charge in [0.2, 0.25) is 0 Å². The first-order valence-corrected chi connectivity index (χ1v) is 13.4. The molecule has 0 radical (unpaired) electrons. The summed E-state index contributed by atoms with van der Waals surface area (Å²) < 4.78 is 17.3. The lowest BCUT2D eigenvalue weighted by atomic mass is 9.95. The lowest BCUT2D eigenvalue weighted by Gasteiger charge is -2.26. The lowest BCUT2D eigenvalue weighted by Crippen LogP contribution is -2.31. The number of fused-ring (bicyclic) bond motifs is 1. The van der Waals surface area contributed by atoms with Crippen LogP contribution in [0.3, 0.4) is 0 Å². The molecule has 1 saturated heterocycles. The molecule has 39 heavy (non-hydrogen) atoms. The Hall–Kier alpha value is -4.26. The Morgan fingerprint density at radius 1 is 0.974 bits per heavy atom. The lowest BCUT2D eigenvalue weighted by molar-refractivity contribution is -0.139. The van der Waals surface area contributed by atoms with Gasteiger partial charge in [0.05, 0.1) is 18.2 Å². The molecule has 5 rings (SSSR count). The largest absolute Gasteiger partial charge is 0.507 e. The number of rotatable bonds is 9. The molecule has 0 bridgehead atoms. The van der Waals surface area contributed by atoms with E-state index in [9.17, 15) is 14.7 Å². The maximum Gasteiger partial charge on any atom is 0.295 e. The number of likely N-dealkylation sites (tertiary alicyclic amines) is 1. The zero-order valence-electron chi connectivity index (χ0n) is 22.3. The number of ketones is 1. The van der Waals surface area contributed by atoms with E-state index >= 15 is 0 Å². The molecule has 0 aliphatic carbocycles. The molecule has 2 aliphatic heterocycles. The normalized spacial score (nSPS) is 18.0. The van der Waals surface area contributed by atoms with Gasteiger partial charge in [-0.25, -0.2) is 0 Å². The van der Waals surface area contributed by atoms with E-state index in [0.29, 0.717) is 67.1 Å². The van der Waals surface area contributed by atoms with Crippen LogP contribution in [0.1, 0.15) is 43.0 Å². The Balaban J connectivity index is 1.54. The second kappa shape index (κ2) is 11.6. The smallest absolute Gasteiger partial charge is 0.295 e. The summed E-state index contributed by atoms with van der Waals surface area (Å²) >= 11 is 0. The molecule has 1 amide bonds. The third kappa shape index (κ3) is 5.77. The Labute approximate surface area is 228 Å². The Kier molecular flexibility index (Phi) is 7.87. The van der Waals surface area contributed by atoms with Crippen molar-refractivity contribution < 1.29 is 28.9 Å². The first-order chi connectivity index (χ1) is 18.9. The highest BCUT2D eigenvalue weighted by Gasteiger charge is 2.46. The Bertz CT molecular complexity index is 1380. The maximum atomic E-state index is 13.4. The van der Waals surface area contributed by atoms with Crippen molar-refractivity contribution in [3.8, 4) is 17.2 Å². The summed E-state index contributed by atoms with van der Waals surface area (Å²) in [5, 5.41) is 11.5. The van der Waals surface area contributed by atoms with Gasteiger partial charge >= 0.3 is 0 Å². The zero-order chi connectivity index (χ0) is 27.4. The Morgan fingerprint density at radius 2 is 1.74 bits per heavy atom. The number of carbonyl (C=O) groups is 2. The van der Waals surface area contributed by atoms with Gasteiger partial charge in [-0.1, -0.05) is 56.3 Å². The van der Waals surface area contributed by atoms with Crippen LogP contribution in [0, 0.1) is 5.92 Å². The van der Waals surface area contributed by atoms with Crippen LogP contribution < -0.4 is 14.2 Å². The van der Waals surface area contributed by atoms with Crippen LogP contribution in [0.15, 0.2) is 78.4 Å². The van der Waals surface area contributed by atoms with E-state index in [0.717, 1.165) is 12.0 Å². The number of amides is 1. The second-order valence-corrected chi connectivity index (χ2v) is 10.2. The minimum atomic E-state index is -0.768. The third-order valence-electron chi connectivity index (χ3n) is 6.98. The number of aliphatic hydroxyl groups is 1. The molecule has 202 valence electrons. The van der Waals surface area contributed by atoms with Crippen molar-refractivity contribution in [2.45, 2.75) is 32.7 Å². The highest BCUT2D eigenvalue weighted by molar-refractivity contribution is 6.46. The van der Waals surface area contributed by atoms with Crippen molar-refractivity contribution in [1.82, 2.24) is 4.90 Å². The molecule has 7 nitrogen and oxygen atoms in total. The number of hydrogen-bond donors (Lipinski definition) is 1. The van der Waals surface area contributed by atoms with E-state index < -0.39 is 17.7 Å². The second-order valence-electron chi connectivity index (χ2n) is 10.2. The van der Waals surface area contributed by atoms with E-state index in [1.54, 1.807) is 23.1 Å². The maximum absolute atomic E-state index is 13.4. The molecule has 7 heteroatoms. The van der Waals surface area contributed by atoms with Crippen molar-refractivity contribution in [3.05, 3.63) is 95.1 Å². The predicted molar refractivity (Wildman–Crippen MR) is 148 cm³/mol. The summed E-state index contributed by atoms with van der Waals surface area (Å²) in [5.41, 5.74) is 2.18. The van der Waals surface area contributed by atoms with Gasteiger partial charge in [-0.15, -0.1) is 0 Å². The molecule has 1 unspecified atom stereocenters. The van der Waals surface area contributed by atoms with Crippen molar-refractivity contribution >= 4 is 17.4 Å². The fraction of sp³-hybridized carbons (Fsp3) is 0.312. The van der Waals surface area contributed by atoms with E-state index in [1.807, 2.05) is 54.6 Å². The van der Waals surface area contributed by atoms with Crippen molar-refractivity contribution in [2.75, 3.05) is 26.4 Å². The minimum absolute atomic E-state index is 0.0454. The van der Waals surface area contributed by atoms with Gasteiger partial charge in [-0.3, -0.25) is 9.59 Å². The molecule has 3 aromatic carbocycles. The van der Waals surface area contributed by atoms with Gasteiger partial charge in [-0.2, -0.15) is 0 Å². The van der Waals surface area contributed by atoms with Gasteiger partial charge in [0.15, 0.2) is 11.5 Å². The Morgan fingerprint density at radius 3 is 2.51 bits per heavy atom. The molecule has 0 saturated carbocycles. The molecular weight excluding hydrogens is 494 g/mol. The summed E-state index contributed by atoms with van der Waals surface area (Å²) in [6.07, 6.45) is 1.48. The molecule has 0 aromatic heterocycles. The number of Topliss-reactive ketones (excluding diaryl/α,β-unsaturated/α-hetero) is 1. The third-order valence-corrected chi connectivity index (χ3v) is 6.98. The van der Waals surface area contributed by atoms with Crippen molar-refractivity contribution in [3.63, 3.8) is 0 Å². The minimum Gasteiger partial charge on any atom is -0.507 e. The monoisotopic (exact) mass is 527 g/mol. The SMILES string of the molecule is CC(C)CCOc1cccc(C2/C(=C(\O)c3ccc4c(c3)OCCO4)C(=O)C(=O)N2CCc2ccccc2)c1. The van der Waals surface area contributed by atoms with Gasteiger partial charge in [0, 0.05) is 12.1 Å². The van der Waals surface area contributed by atoms with Crippen molar-refractivity contribution in [2.24, 2.45) is 5.92 Å². The summed E-state index contributed by atoms with van der Waals surface area (Å²) in [5.74, 6) is 0.617. The molecule has 3 aromatic rings. The fourth-order valence-electron chi connectivity index (χ4n) is 4.88. The van der Waals surface area contributed by atoms with E-state index in [4.69, 9.17) is 14.2 Å². The van der Waals surface area contributed by atoms with E-state index in [1.165, 1.54) is 0 Å². The average Bonchev–Trinajstić information content (AvgIpc) is 3.21. The summed E-state index contributed by atoms with van der Waals surface area (Å²) in [6.45, 7) is 5.99. The number of aliphatic hydroxyl groups excluding tert-OH is 1. The highest BCUT2D eigenvalue weighted by atomic mass is 16.6. The van der Waals surface area contributed by atoms with Gasteiger partial charge in [0.1, 0.15) is 24.7 Å². The molecular formula is C32H33NO6. The molecule has 2 heterocycles. The molecule has 1 atom stereocenters. The van der Waals surface area contributed by atoms with E-state index in [-0.39, 0.29) is 11.3 Å². The van der Waals surface area contributed by atoms with Gasteiger partial charge in [-0.05, 0) is 60.2 Å². The topological polar surface area (TPSA) is 85.3 Å². The first-order valence-electron chi connectivity index (χ1n) is 13.4. The van der Waals surface area contributed by atoms with Gasteiger partial charge in [0.25, 0.3) is 11.7 Å². The van der Waals surface area contributed by atoms with E-state index in [2.05, 4.69) is 13.8 Å². The van der Waals surface area contributed by atoms with Crippen LogP contribution in [-0.2, 0) is 16.0 Å². The molecule has 0 spiro atoms. The number of ether oxygens (including phenoxy) is 3. The number of nitrogens with zero attached hydrogens (tertiary/aromatic N) is 1. The highest BCUT2D eigenvalue weighted by Crippen LogP contribution is 2.41. The number of carbonyl (C=O) groups excluding carboxylic acids is 2. The van der Waals surface area contributed by atoms with Crippen LogP contribution in [0.5, 0.6) is 17.2 Å². The van der Waals surface area contributed by atoms with Crippen LogP contribution in [-0.4, -0.2) is 48.1 Å². The van der Waals surface area contributed by atoms with Crippen LogP contribution >= 0.6 is 0 Å². The van der Waals surface area contributed by atoms with Crippen LogP contribution in [0.2, 0.25) is 0 Å². The number of hydrogen-bond acceptors (Lipinski definition) is 6. The predicted octanol–water partition coefficient (Wildman–Crippen LogP) is 5.55. The fourth-order valence-corrected chi connectivity index (χ4v) is 4.88. The number of benzene rings is 3. The quantitative estimate of drug-likeness (QED) is 0.223. The van der Waals surface area contributed by atoms with Crippen LogP contribution in [0.4, 0.5) is 0 Å². The standard InChI is InChI=1S/C32H33NO6/c1-21(2)14-16-37-25-10-6-9-23(19-25)29-28(30(34)24-11-12-26-27(20-24)39-18-17-38-26)31(35)32(36)33(29)15-13-22-7-4-3-5-8-22/h3-12,19-21,29,34H,13-18H2,1-2H3/b30-28+. The summed E-state index contributed by atoms with van der Waals surface area (Å²) in [4.78, 5) is 28.4. The molecule has 2 aliphatic rings. The molecule has 1 N–H and O–H groups in total.